The molecule has 1 aromatic rings. The Hall–Kier alpha value is -0.990. The van der Waals surface area contributed by atoms with Gasteiger partial charge in [-0.15, -0.1) is 0 Å². The number of rotatable bonds is 4. The van der Waals surface area contributed by atoms with Gasteiger partial charge in [0, 0.05) is 11.8 Å². The summed E-state index contributed by atoms with van der Waals surface area (Å²) in [5.41, 5.74) is 6.82. The molecule has 3 rings (SSSR count). The zero-order valence-corrected chi connectivity index (χ0v) is 8.37. The van der Waals surface area contributed by atoms with Gasteiger partial charge < -0.3 is 5.73 Å². The van der Waals surface area contributed by atoms with E-state index in [-0.39, 0.29) is 0 Å². The molecule has 0 radical (unpaired) electrons. The lowest BCUT2D eigenvalue weighted by atomic mass is 9.93. The maximum absolute atomic E-state index is 5.60. The molecule has 0 unspecified atom stereocenters. The first-order valence-electron chi connectivity index (χ1n) is 5.62. The van der Waals surface area contributed by atoms with Crippen molar-refractivity contribution in [3.05, 3.63) is 11.8 Å². The van der Waals surface area contributed by atoms with E-state index in [1.54, 1.807) is 0 Å². The highest BCUT2D eigenvalue weighted by Gasteiger charge is 2.41. The number of nitrogens with two attached hydrogens (primary N) is 1. The van der Waals surface area contributed by atoms with Crippen molar-refractivity contribution in [1.29, 1.82) is 0 Å². The molecule has 0 saturated heterocycles. The third-order valence-corrected chi connectivity index (χ3v) is 3.56. The van der Waals surface area contributed by atoms with Crippen LogP contribution < -0.4 is 5.73 Å². The molecule has 0 amide bonds. The molecule has 2 aliphatic rings. The number of aromatic amines is 1. The summed E-state index contributed by atoms with van der Waals surface area (Å²) in [6.07, 6.45) is 6.96. The minimum absolute atomic E-state index is 0.630. The zero-order valence-electron chi connectivity index (χ0n) is 8.37. The minimum Gasteiger partial charge on any atom is -0.382 e. The van der Waals surface area contributed by atoms with Crippen LogP contribution in [0.3, 0.4) is 0 Å². The van der Waals surface area contributed by atoms with Gasteiger partial charge in [0.15, 0.2) is 0 Å². The summed E-state index contributed by atoms with van der Waals surface area (Å²) in [5, 5.41) is 7.01. The Kier molecular flexibility index (Phi) is 1.79. The van der Waals surface area contributed by atoms with Crippen molar-refractivity contribution in [3.8, 4) is 0 Å². The Bertz CT molecular complexity index is 311. The first-order valence-corrected chi connectivity index (χ1v) is 5.62. The number of hydrogen-bond donors (Lipinski definition) is 2. The van der Waals surface area contributed by atoms with Gasteiger partial charge in [0.25, 0.3) is 0 Å². The lowest BCUT2D eigenvalue weighted by Gasteiger charge is -2.13. The molecule has 0 bridgehead atoms. The van der Waals surface area contributed by atoms with Crippen molar-refractivity contribution >= 4 is 5.82 Å². The number of nitrogens with zero attached hydrogens (tertiary/aromatic N) is 1. The molecule has 0 spiro atoms. The maximum atomic E-state index is 5.60. The Morgan fingerprint density at radius 2 is 2.00 bits per heavy atom. The molecule has 3 nitrogen and oxygen atoms in total. The number of hydrogen-bond acceptors (Lipinski definition) is 2. The van der Waals surface area contributed by atoms with E-state index in [4.69, 9.17) is 5.73 Å². The highest BCUT2D eigenvalue weighted by atomic mass is 15.2. The molecule has 14 heavy (non-hydrogen) atoms. The predicted molar refractivity (Wildman–Crippen MR) is 55.6 cm³/mol. The number of nitrogen functional groups attached to an aromatic ring is 1. The lowest BCUT2D eigenvalue weighted by molar-refractivity contribution is 0.399. The fraction of sp³-hybridized carbons (Fsp3) is 0.727. The van der Waals surface area contributed by atoms with Gasteiger partial charge in [-0.05, 0) is 49.9 Å². The second kappa shape index (κ2) is 3.01. The molecule has 2 fully saturated rings. The standard InChI is InChI=1S/C11H17N3/c12-11-6-9(13-14-11)5-10(7-1-2-7)8-3-4-8/h6-8,10H,1-5H2,(H3,12,13,14). The van der Waals surface area contributed by atoms with E-state index in [0.29, 0.717) is 5.82 Å². The molecule has 0 aliphatic heterocycles. The number of anilines is 1. The van der Waals surface area contributed by atoms with E-state index in [2.05, 4.69) is 10.2 Å². The molecule has 0 atom stereocenters. The monoisotopic (exact) mass is 191 g/mol. The van der Waals surface area contributed by atoms with Crippen molar-refractivity contribution in [1.82, 2.24) is 10.2 Å². The third-order valence-electron chi connectivity index (χ3n) is 3.56. The fourth-order valence-corrected chi connectivity index (χ4v) is 2.50. The Morgan fingerprint density at radius 3 is 2.43 bits per heavy atom. The highest BCUT2D eigenvalue weighted by molar-refractivity contribution is 5.28. The molecule has 2 aliphatic carbocycles. The Labute approximate surface area is 84.1 Å². The van der Waals surface area contributed by atoms with Gasteiger partial charge in [-0.1, -0.05) is 0 Å². The van der Waals surface area contributed by atoms with Crippen LogP contribution in [0.5, 0.6) is 0 Å². The summed E-state index contributed by atoms with van der Waals surface area (Å²) in [6, 6.07) is 1.98. The van der Waals surface area contributed by atoms with Crippen molar-refractivity contribution in [3.63, 3.8) is 0 Å². The lowest BCUT2D eigenvalue weighted by Crippen LogP contribution is -2.09. The predicted octanol–water partition coefficient (Wildman–Crippen LogP) is 1.97. The second-order valence-corrected chi connectivity index (χ2v) is 4.86. The Balaban J connectivity index is 1.68. The van der Waals surface area contributed by atoms with Crippen molar-refractivity contribution in [2.24, 2.45) is 17.8 Å². The van der Waals surface area contributed by atoms with Gasteiger partial charge in [-0.3, -0.25) is 5.10 Å². The number of H-pyrrole nitrogens is 1. The fourth-order valence-electron chi connectivity index (χ4n) is 2.50. The smallest absolute Gasteiger partial charge is 0.145 e. The Morgan fingerprint density at radius 1 is 1.36 bits per heavy atom. The van der Waals surface area contributed by atoms with Gasteiger partial charge in [-0.2, -0.15) is 5.10 Å². The normalized spacial score (nSPS) is 21.8. The van der Waals surface area contributed by atoms with Crippen molar-refractivity contribution < 1.29 is 0 Å². The van der Waals surface area contributed by atoms with Gasteiger partial charge in [0.05, 0.1) is 0 Å². The van der Waals surface area contributed by atoms with E-state index in [1.807, 2.05) is 6.07 Å². The zero-order chi connectivity index (χ0) is 9.54. The summed E-state index contributed by atoms with van der Waals surface area (Å²) in [5.74, 6) is 3.55. The summed E-state index contributed by atoms with van der Waals surface area (Å²) < 4.78 is 0. The first-order chi connectivity index (χ1) is 6.83. The van der Waals surface area contributed by atoms with E-state index in [0.717, 1.165) is 17.8 Å². The van der Waals surface area contributed by atoms with Crippen LogP contribution in [0, 0.1) is 17.8 Å². The molecule has 0 aromatic carbocycles. The first kappa shape index (κ1) is 8.33. The van der Waals surface area contributed by atoms with Crippen LogP contribution >= 0.6 is 0 Å². The quantitative estimate of drug-likeness (QED) is 0.764. The van der Waals surface area contributed by atoms with Crippen LogP contribution in [0.1, 0.15) is 31.4 Å². The molecular weight excluding hydrogens is 174 g/mol. The molecule has 2 saturated carbocycles. The average Bonchev–Trinajstić information content (AvgIpc) is 3.04. The molecule has 3 heteroatoms. The topological polar surface area (TPSA) is 54.7 Å². The third kappa shape index (κ3) is 1.63. The van der Waals surface area contributed by atoms with Crippen LogP contribution in [0.25, 0.3) is 0 Å². The number of nitrogens with one attached hydrogen (secondary N) is 1. The van der Waals surface area contributed by atoms with E-state index < -0.39 is 0 Å². The minimum atomic E-state index is 0.630. The summed E-state index contributed by atoms with van der Waals surface area (Å²) in [6.45, 7) is 0. The van der Waals surface area contributed by atoms with Crippen molar-refractivity contribution in [2.45, 2.75) is 32.1 Å². The van der Waals surface area contributed by atoms with Gasteiger partial charge in [0.1, 0.15) is 5.82 Å². The summed E-state index contributed by atoms with van der Waals surface area (Å²) in [7, 11) is 0. The summed E-state index contributed by atoms with van der Waals surface area (Å²) >= 11 is 0. The van der Waals surface area contributed by atoms with Crippen LogP contribution in [0.15, 0.2) is 6.07 Å². The second-order valence-electron chi connectivity index (χ2n) is 4.86. The molecule has 76 valence electrons. The summed E-state index contributed by atoms with van der Waals surface area (Å²) in [4.78, 5) is 0. The van der Waals surface area contributed by atoms with E-state index >= 15 is 0 Å². The van der Waals surface area contributed by atoms with Crippen LogP contribution in [0.4, 0.5) is 5.82 Å². The highest BCUT2D eigenvalue weighted by Crippen LogP contribution is 2.50. The molecule has 1 aromatic heterocycles. The molecule has 3 N–H and O–H groups in total. The van der Waals surface area contributed by atoms with Gasteiger partial charge in [-0.25, -0.2) is 0 Å². The van der Waals surface area contributed by atoms with Crippen molar-refractivity contribution in [2.75, 3.05) is 5.73 Å². The van der Waals surface area contributed by atoms with Crippen LogP contribution in [0.2, 0.25) is 0 Å². The number of aromatic nitrogens is 2. The molecule has 1 heterocycles. The van der Waals surface area contributed by atoms with Gasteiger partial charge in [0.2, 0.25) is 0 Å². The van der Waals surface area contributed by atoms with Crippen LogP contribution in [-0.4, -0.2) is 10.2 Å². The van der Waals surface area contributed by atoms with Gasteiger partial charge >= 0.3 is 0 Å². The maximum Gasteiger partial charge on any atom is 0.145 e. The SMILES string of the molecule is Nc1cc(CC(C2CC2)C2CC2)[nH]n1. The van der Waals surface area contributed by atoms with Crippen LogP contribution in [-0.2, 0) is 6.42 Å². The largest absolute Gasteiger partial charge is 0.382 e. The van der Waals surface area contributed by atoms with E-state index in [1.165, 1.54) is 37.8 Å². The average molecular weight is 191 g/mol. The van der Waals surface area contributed by atoms with E-state index in [9.17, 15) is 0 Å². The molecular formula is C11H17N3.